The standard InChI is InChI=1S/C14H15BrF2NO4PS/c1-3-21-23(20,22-4-2)14(16,17)12-11(15)9-6-5-8(13(18)19)7-10(9)24-12/h5-7H,3-4H2,1-2H3,(H2,18,19). The summed E-state index contributed by atoms with van der Waals surface area (Å²) in [4.78, 5) is 10.8. The van der Waals surface area contributed by atoms with E-state index in [9.17, 15) is 18.1 Å². The molecule has 0 spiro atoms. The van der Waals surface area contributed by atoms with E-state index >= 15 is 0 Å². The summed E-state index contributed by atoms with van der Waals surface area (Å²) in [5.74, 6) is -0.663. The number of thiophene rings is 1. The summed E-state index contributed by atoms with van der Waals surface area (Å²) < 4.78 is 52.5. The van der Waals surface area contributed by atoms with Gasteiger partial charge in [0.15, 0.2) is 0 Å². The van der Waals surface area contributed by atoms with Crippen LogP contribution in [0, 0.1) is 0 Å². The minimum absolute atomic E-state index is 0.0863. The zero-order valence-electron chi connectivity index (χ0n) is 12.8. The average molecular weight is 442 g/mol. The van der Waals surface area contributed by atoms with Crippen molar-refractivity contribution in [3.05, 3.63) is 33.1 Å². The SMILES string of the molecule is CCOP(=O)(OCC)C(F)(F)c1sc2cc(C(N)=O)ccc2c1Br. The number of amides is 1. The fourth-order valence-electron chi connectivity index (χ4n) is 2.08. The Labute approximate surface area is 149 Å². The molecule has 1 aromatic heterocycles. The highest BCUT2D eigenvalue weighted by atomic mass is 79.9. The monoisotopic (exact) mass is 441 g/mol. The van der Waals surface area contributed by atoms with E-state index in [0.29, 0.717) is 21.4 Å². The van der Waals surface area contributed by atoms with Crippen molar-refractivity contribution in [2.75, 3.05) is 13.2 Å². The van der Waals surface area contributed by atoms with Crippen LogP contribution < -0.4 is 5.73 Å². The van der Waals surface area contributed by atoms with Gasteiger partial charge in [0, 0.05) is 20.1 Å². The van der Waals surface area contributed by atoms with Gasteiger partial charge >= 0.3 is 13.3 Å². The van der Waals surface area contributed by atoms with Crippen LogP contribution in [0.1, 0.15) is 29.1 Å². The molecule has 0 unspecified atom stereocenters. The molecule has 0 saturated heterocycles. The van der Waals surface area contributed by atoms with E-state index in [1.54, 1.807) is 0 Å². The Morgan fingerprint density at radius 2 is 1.92 bits per heavy atom. The van der Waals surface area contributed by atoms with Crippen LogP contribution in [-0.4, -0.2) is 19.1 Å². The molecule has 24 heavy (non-hydrogen) atoms. The Bertz CT molecular complexity index is 816. The second-order valence-corrected chi connectivity index (χ2v) is 8.61. The Balaban J connectivity index is 2.63. The number of nitrogens with two attached hydrogens (primary N) is 1. The molecule has 2 N–H and O–H groups in total. The molecule has 0 bridgehead atoms. The molecule has 2 rings (SSSR count). The van der Waals surface area contributed by atoms with Crippen LogP contribution >= 0.6 is 34.9 Å². The Hall–Kier alpha value is -0.860. The highest BCUT2D eigenvalue weighted by molar-refractivity contribution is 9.10. The van der Waals surface area contributed by atoms with Crippen LogP contribution in [0.15, 0.2) is 22.7 Å². The number of fused-ring (bicyclic) bond motifs is 1. The van der Waals surface area contributed by atoms with Gasteiger partial charge in [-0.15, -0.1) is 11.3 Å². The van der Waals surface area contributed by atoms with Gasteiger partial charge in [-0.1, -0.05) is 6.07 Å². The molecule has 1 amide bonds. The molecule has 132 valence electrons. The van der Waals surface area contributed by atoms with Crippen molar-refractivity contribution in [3.8, 4) is 0 Å². The van der Waals surface area contributed by atoms with E-state index in [1.165, 1.54) is 32.0 Å². The number of carbonyl (C=O) groups excluding carboxylic acids is 1. The Morgan fingerprint density at radius 1 is 1.33 bits per heavy atom. The van der Waals surface area contributed by atoms with Gasteiger partial charge in [-0.3, -0.25) is 9.36 Å². The molecule has 0 atom stereocenters. The van der Waals surface area contributed by atoms with E-state index in [-0.39, 0.29) is 23.2 Å². The van der Waals surface area contributed by atoms with Crippen LogP contribution in [0.5, 0.6) is 0 Å². The number of primary amides is 1. The number of alkyl halides is 2. The lowest BCUT2D eigenvalue weighted by Gasteiger charge is -2.25. The fourth-order valence-corrected chi connectivity index (χ4v) is 6.12. The molecule has 0 aliphatic carbocycles. The van der Waals surface area contributed by atoms with Gasteiger partial charge in [0.05, 0.1) is 13.2 Å². The van der Waals surface area contributed by atoms with Gasteiger partial charge in [0.1, 0.15) is 4.88 Å². The first-order valence-electron chi connectivity index (χ1n) is 6.97. The topological polar surface area (TPSA) is 78.6 Å². The van der Waals surface area contributed by atoms with Gasteiger partial charge in [-0.05, 0) is 41.9 Å². The molecule has 1 aromatic carbocycles. The van der Waals surface area contributed by atoms with Crippen LogP contribution in [0.2, 0.25) is 0 Å². The molecule has 0 aliphatic heterocycles. The molecule has 0 radical (unpaired) electrons. The lowest BCUT2D eigenvalue weighted by molar-refractivity contribution is 0.0387. The van der Waals surface area contributed by atoms with Crippen molar-refractivity contribution < 1.29 is 27.2 Å². The van der Waals surface area contributed by atoms with Gasteiger partial charge in [-0.2, -0.15) is 8.78 Å². The third kappa shape index (κ3) is 3.28. The maximum Gasteiger partial charge on any atom is 0.405 e. The number of benzene rings is 1. The van der Waals surface area contributed by atoms with Gasteiger partial charge in [-0.25, -0.2) is 0 Å². The molecular formula is C14H15BrF2NO4PS. The molecule has 1 heterocycles. The highest BCUT2D eigenvalue weighted by Crippen LogP contribution is 2.69. The maximum atomic E-state index is 14.9. The minimum atomic E-state index is -4.70. The van der Waals surface area contributed by atoms with Crippen molar-refractivity contribution in [2.45, 2.75) is 19.5 Å². The molecule has 0 saturated carbocycles. The largest absolute Gasteiger partial charge is 0.405 e. The van der Waals surface area contributed by atoms with Crippen LogP contribution in [0.25, 0.3) is 10.1 Å². The van der Waals surface area contributed by atoms with Crippen LogP contribution in [-0.2, 0) is 19.3 Å². The van der Waals surface area contributed by atoms with Crippen LogP contribution in [0.3, 0.4) is 0 Å². The predicted octanol–water partition coefficient (Wildman–Crippen LogP) is 5.08. The zero-order valence-corrected chi connectivity index (χ0v) is 16.1. The summed E-state index contributed by atoms with van der Waals surface area (Å²) in [5.41, 5.74) is 1.56. The fraction of sp³-hybridized carbons (Fsp3) is 0.357. The predicted molar refractivity (Wildman–Crippen MR) is 92.8 cm³/mol. The number of hydrogen-bond acceptors (Lipinski definition) is 5. The average Bonchev–Trinajstić information content (AvgIpc) is 2.84. The summed E-state index contributed by atoms with van der Waals surface area (Å²) in [6.07, 6.45) is 0. The molecule has 0 fully saturated rings. The third-order valence-electron chi connectivity index (χ3n) is 3.13. The first-order chi connectivity index (χ1) is 11.2. The second-order valence-electron chi connectivity index (χ2n) is 4.69. The van der Waals surface area contributed by atoms with E-state index in [2.05, 4.69) is 15.9 Å². The number of carbonyl (C=O) groups is 1. The van der Waals surface area contributed by atoms with Crippen LogP contribution in [0.4, 0.5) is 8.78 Å². The first-order valence-corrected chi connectivity index (χ1v) is 10.1. The van der Waals surface area contributed by atoms with E-state index in [0.717, 1.165) is 0 Å². The summed E-state index contributed by atoms with van der Waals surface area (Å²) in [5, 5.41) is 0.458. The van der Waals surface area contributed by atoms with Crippen molar-refractivity contribution >= 4 is 50.9 Å². The van der Waals surface area contributed by atoms with E-state index < -0.39 is 24.0 Å². The molecular weight excluding hydrogens is 427 g/mol. The lowest BCUT2D eigenvalue weighted by Crippen LogP contribution is -2.17. The van der Waals surface area contributed by atoms with Crippen molar-refractivity contribution in [1.29, 1.82) is 0 Å². The summed E-state index contributed by atoms with van der Waals surface area (Å²) in [7, 11) is -4.70. The van der Waals surface area contributed by atoms with Gasteiger partial charge < -0.3 is 14.8 Å². The minimum Gasteiger partial charge on any atom is -0.366 e. The number of rotatable bonds is 7. The Kier molecular flexibility index (Phi) is 5.82. The van der Waals surface area contributed by atoms with Gasteiger partial charge in [0.2, 0.25) is 5.91 Å². The zero-order chi connectivity index (χ0) is 18.1. The highest BCUT2D eigenvalue weighted by Gasteiger charge is 2.57. The summed E-state index contributed by atoms with van der Waals surface area (Å²) in [6.45, 7) is 2.56. The summed E-state index contributed by atoms with van der Waals surface area (Å²) >= 11 is 3.83. The van der Waals surface area contributed by atoms with Crippen molar-refractivity contribution in [1.82, 2.24) is 0 Å². The third-order valence-corrected chi connectivity index (χ3v) is 7.70. The smallest absolute Gasteiger partial charge is 0.366 e. The summed E-state index contributed by atoms with van der Waals surface area (Å²) in [6, 6.07) is 4.36. The van der Waals surface area contributed by atoms with Gasteiger partial charge in [0.25, 0.3) is 0 Å². The van der Waals surface area contributed by atoms with Crippen molar-refractivity contribution in [2.24, 2.45) is 5.73 Å². The number of hydrogen-bond donors (Lipinski definition) is 1. The molecule has 5 nitrogen and oxygen atoms in total. The number of halogens is 3. The maximum absolute atomic E-state index is 14.9. The normalized spacial score (nSPS) is 12.7. The first kappa shape index (κ1) is 19.5. The molecule has 2 aromatic rings. The second kappa shape index (κ2) is 7.17. The quantitative estimate of drug-likeness (QED) is 0.607. The van der Waals surface area contributed by atoms with Crippen molar-refractivity contribution in [3.63, 3.8) is 0 Å². The van der Waals surface area contributed by atoms with E-state index in [4.69, 9.17) is 14.8 Å². The molecule has 10 heteroatoms. The molecule has 0 aliphatic rings. The van der Waals surface area contributed by atoms with E-state index in [1.807, 2.05) is 0 Å². The Morgan fingerprint density at radius 3 is 2.42 bits per heavy atom. The lowest BCUT2D eigenvalue weighted by atomic mass is 10.1.